The number of hydrogen-bond donors (Lipinski definition) is 0. The van der Waals surface area contributed by atoms with Crippen LogP contribution in [0.15, 0.2) is 57.7 Å². The molecule has 0 fully saturated rings. The lowest BCUT2D eigenvalue weighted by Gasteiger charge is -2.08. The third-order valence-corrected chi connectivity index (χ3v) is 4.33. The molecule has 0 aliphatic rings. The van der Waals surface area contributed by atoms with Crippen LogP contribution in [0.3, 0.4) is 0 Å². The minimum Gasteiger partial charge on any atom is -0.482 e. The molecule has 0 saturated carbocycles. The molecular weight excluding hydrogens is 388 g/mol. The lowest BCUT2D eigenvalue weighted by molar-refractivity contribution is -0.136. The van der Waals surface area contributed by atoms with E-state index in [0.29, 0.717) is 23.5 Å². The van der Waals surface area contributed by atoms with Crippen molar-refractivity contribution in [2.75, 3.05) is 13.2 Å². The zero-order valence-electron chi connectivity index (χ0n) is 16.8. The van der Waals surface area contributed by atoms with Crippen LogP contribution in [0.1, 0.15) is 35.7 Å². The summed E-state index contributed by atoms with van der Waals surface area (Å²) >= 11 is 0. The van der Waals surface area contributed by atoms with Gasteiger partial charge in [-0.2, -0.15) is 0 Å². The maximum atomic E-state index is 12.0. The Morgan fingerprint density at radius 3 is 2.47 bits per heavy atom. The minimum atomic E-state index is -0.612. The molecule has 1 heterocycles. The van der Waals surface area contributed by atoms with E-state index in [1.807, 2.05) is 13.8 Å². The van der Waals surface area contributed by atoms with Crippen LogP contribution in [-0.4, -0.2) is 25.2 Å². The van der Waals surface area contributed by atoms with Gasteiger partial charge in [0.15, 0.2) is 6.61 Å². The summed E-state index contributed by atoms with van der Waals surface area (Å²) in [5.74, 6) is -0.367. The van der Waals surface area contributed by atoms with E-state index in [9.17, 15) is 14.4 Å². The first-order valence-corrected chi connectivity index (χ1v) is 9.61. The van der Waals surface area contributed by atoms with Crippen molar-refractivity contribution in [1.82, 2.24) is 0 Å². The number of esters is 2. The van der Waals surface area contributed by atoms with Crippen molar-refractivity contribution >= 4 is 22.9 Å². The molecule has 0 unspecified atom stereocenters. The smallest absolute Gasteiger partial charge is 0.349 e. The fraction of sp³-hybridized carbons (Fsp3) is 0.261. The molecule has 0 atom stereocenters. The summed E-state index contributed by atoms with van der Waals surface area (Å²) < 4.78 is 20.9. The third-order valence-electron chi connectivity index (χ3n) is 4.33. The molecule has 2 aromatic carbocycles. The van der Waals surface area contributed by atoms with Gasteiger partial charge in [-0.05, 0) is 55.3 Å². The number of carbonyl (C=O) groups excluding carboxylic acids is 2. The van der Waals surface area contributed by atoms with Crippen LogP contribution in [0.25, 0.3) is 11.0 Å². The Kier molecular flexibility index (Phi) is 6.85. The molecule has 1 aromatic heterocycles. The third kappa shape index (κ3) is 5.47. The van der Waals surface area contributed by atoms with Crippen LogP contribution < -0.4 is 15.1 Å². The summed E-state index contributed by atoms with van der Waals surface area (Å²) in [5, 5.41) is 0.790. The average Bonchev–Trinajstić information content (AvgIpc) is 2.72. The van der Waals surface area contributed by atoms with Gasteiger partial charge >= 0.3 is 17.6 Å². The first kappa shape index (κ1) is 21.1. The maximum absolute atomic E-state index is 12.0. The predicted molar refractivity (Wildman–Crippen MR) is 110 cm³/mol. The number of aryl methyl sites for hydroxylation is 1. The molecule has 3 rings (SSSR count). The number of rotatable bonds is 8. The standard InChI is InChI=1S/C23H22O7/c1-3-4-11-27-23(26)16-5-7-17(8-6-16)29-22(25)14-28-18-9-10-19-15(2)12-21(24)30-20(19)13-18/h5-10,12-13H,3-4,11,14H2,1-2H3. The topological polar surface area (TPSA) is 92.0 Å². The zero-order chi connectivity index (χ0) is 21.5. The Bertz CT molecular complexity index is 1100. The van der Waals surface area contributed by atoms with Gasteiger partial charge in [-0.15, -0.1) is 0 Å². The van der Waals surface area contributed by atoms with Crippen LogP contribution in [0.5, 0.6) is 11.5 Å². The number of fused-ring (bicyclic) bond motifs is 1. The van der Waals surface area contributed by atoms with Gasteiger partial charge in [0, 0.05) is 17.5 Å². The number of hydrogen-bond acceptors (Lipinski definition) is 7. The molecule has 30 heavy (non-hydrogen) atoms. The summed E-state index contributed by atoms with van der Waals surface area (Å²) in [6.45, 7) is 3.87. The molecule has 3 aromatic rings. The van der Waals surface area contributed by atoms with Gasteiger partial charge in [-0.25, -0.2) is 14.4 Å². The fourth-order valence-corrected chi connectivity index (χ4v) is 2.75. The van der Waals surface area contributed by atoms with Crippen molar-refractivity contribution in [3.8, 4) is 11.5 Å². The molecule has 0 radical (unpaired) electrons. The highest BCUT2D eigenvalue weighted by atomic mass is 16.6. The van der Waals surface area contributed by atoms with Gasteiger partial charge in [-0.3, -0.25) is 0 Å². The molecule has 0 saturated heterocycles. The van der Waals surface area contributed by atoms with Crippen molar-refractivity contribution in [3.05, 3.63) is 70.1 Å². The predicted octanol–water partition coefficient (Wildman–Crippen LogP) is 4.04. The molecule has 0 spiro atoms. The Balaban J connectivity index is 1.55. The van der Waals surface area contributed by atoms with Crippen molar-refractivity contribution in [2.45, 2.75) is 26.7 Å². The van der Waals surface area contributed by atoms with E-state index in [-0.39, 0.29) is 12.4 Å². The summed E-state index contributed by atoms with van der Waals surface area (Å²) in [7, 11) is 0. The van der Waals surface area contributed by atoms with Gasteiger partial charge in [0.25, 0.3) is 0 Å². The minimum absolute atomic E-state index is 0.286. The summed E-state index contributed by atoms with van der Waals surface area (Å²) in [4.78, 5) is 35.4. The van der Waals surface area contributed by atoms with E-state index in [1.165, 1.54) is 30.3 Å². The van der Waals surface area contributed by atoms with E-state index in [1.54, 1.807) is 18.2 Å². The molecule has 7 nitrogen and oxygen atoms in total. The van der Waals surface area contributed by atoms with E-state index in [4.69, 9.17) is 18.6 Å². The van der Waals surface area contributed by atoms with Crippen LogP contribution >= 0.6 is 0 Å². The Hall–Kier alpha value is -3.61. The average molecular weight is 410 g/mol. The zero-order valence-corrected chi connectivity index (χ0v) is 16.8. The van der Waals surface area contributed by atoms with Crippen LogP contribution in [0.4, 0.5) is 0 Å². The first-order chi connectivity index (χ1) is 14.5. The second-order valence-electron chi connectivity index (χ2n) is 6.68. The molecule has 0 amide bonds. The SMILES string of the molecule is CCCCOC(=O)c1ccc(OC(=O)COc2ccc3c(C)cc(=O)oc3c2)cc1. The molecule has 7 heteroatoms. The van der Waals surface area contributed by atoms with Crippen molar-refractivity contribution in [2.24, 2.45) is 0 Å². The Morgan fingerprint density at radius 2 is 1.73 bits per heavy atom. The highest BCUT2D eigenvalue weighted by Crippen LogP contribution is 2.22. The van der Waals surface area contributed by atoms with E-state index >= 15 is 0 Å². The molecule has 0 aliphatic carbocycles. The van der Waals surface area contributed by atoms with Crippen molar-refractivity contribution in [1.29, 1.82) is 0 Å². The number of ether oxygens (including phenoxy) is 3. The molecule has 0 N–H and O–H groups in total. The number of unbranched alkanes of at least 4 members (excludes halogenated alkanes) is 1. The van der Waals surface area contributed by atoms with Crippen molar-refractivity contribution in [3.63, 3.8) is 0 Å². The highest BCUT2D eigenvalue weighted by Gasteiger charge is 2.11. The van der Waals surface area contributed by atoms with Gasteiger partial charge in [0.1, 0.15) is 17.1 Å². The van der Waals surface area contributed by atoms with Crippen LogP contribution in [0.2, 0.25) is 0 Å². The maximum Gasteiger partial charge on any atom is 0.349 e. The molecule has 0 aliphatic heterocycles. The first-order valence-electron chi connectivity index (χ1n) is 9.61. The number of benzene rings is 2. The Morgan fingerprint density at radius 1 is 1.00 bits per heavy atom. The van der Waals surface area contributed by atoms with E-state index in [2.05, 4.69) is 0 Å². The normalized spacial score (nSPS) is 10.6. The molecular formula is C23H22O7. The summed E-state index contributed by atoms with van der Waals surface area (Å²) in [6.07, 6.45) is 1.75. The lowest BCUT2D eigenvalue weighted by atomic mass is 10.1. The van der Waals surface area contributed by atoms with Gasteiger partial charge in [0.2, 0.25) is 0 Å². The summed E-state index contributed by atoms with van der Waals surface area (Å²) in [5.41, 5.74) is 1.11. The second kappa shape index (κ2) is 9.73. The van der Waals surface area contributed by atoms with Gasteiger partial charge in [0.05, 0.1) is 12.2 Å². The quantitative estimate of drug-likeness (QED) is 0.239. The summed E-state index contributed by atoms with van der Waals surface area (Å²) in [6, 6.07) is 12.5. The van der Waals surface area contributed by atoms with Crippen LogP contribution in [0, 0.1) is 6.92 Å². The van der Waals surface area contributed by atoms with Crippen LogP contribution in [-0.2, 0) is 9.53 Å². The second-order valence-corrected chi connectivity index (χ2v) is 6.68. The van der Waals surface area contributed by atoms with E-state index in [0.717, 1.165) is 23.8 Å². The number of carbonyl (C=O) groups is 2. The largest absolute Gasteiger partial charge is 0.482 e. The molecule has 156 valence electrons. The van der Waals surface area contributed by atoms with Gasteiger partial charge < -0.3 is 18.6 Å². The lowest BCUT2D eigenvalue weighted by Crippen LogP contribution is -2.17. The highest BCUT2D eigenvalue weighted by molar-refractivity contribution is 5.89. The van der Waals surface area contributed by atoms with Crippen molar-refractivity contribution < 1.29 is 28.2 Å². The monoisotopic (exact) mass is 410 g/mol. The fourth-order valence-electron chi connectivity index (χ4n) is 2.75. The van der Waals surface area contributed by atoms with Gasteiger partial charge in [-0.1, -0.05) is 13.3 Å². The molecule has 0 bridgehead atoms. The Labute approximate surface area is 173 Å². The van der Waals surface area contributed by atoms with E-state index < -0.39 is 17.6 Å².